The molecule has 14 heavy (non-hydrogen) atoms. The van der Waals surface area contributed by atoms with Crippen LogP contribution in [0, 0.1) is 0 Å². The molecule has 0 radical (unpaired) electrons. The zero-order valence-corrected chi connectivity index (χ0v) is 7.78. The molecule has 1 aromatic heterocycles. The summed E-state index contributed by atoms with van der Waals surface area (Å²) in [5.74, 6) is 0.459. The third-order valence-electron chi connectivity index (χ3n) is 1.70. The molecular formula is C9H12F2N2O. The summed E-state index contributed by atoms with van der Waals surface area (Å²) >= 11 is 0. The molecule has 3 nitrogen and oxygen atoms in total. The van der Waals surface area contributed by atoms with Crippen LogP contribution in [0.15, 0.2) is 18.5 Å². The van der Waals surface area contributed by atoms with Crippen LogP contribution < -0.4 is 10.5 Å². The Labute approximate surface area is 80.9 Å². The minimum absolute atomic E-state index is 0.283. The van der Waals surface area contributed by atoms with Crippen LogP contribution >= 0.6 is 0 Å². The summed E-state index contributed by atoms with van der Waals surface area (Å²) in [4.78, 5) is 3.77. The van der Waals surface area contributed by atoms with E-state index in [1.807, 2.05) is 0 Å². The first-order chi connectivity index (χ1) is 6.65. The number of hydrogen-bond acceptors (Lipinski definition) is 3. The SMILES string of the molecule is CCOc1cncc(C(N)C(F)F)c1. The molecule has 1 atom stereocenters. The molecule has 2 N–H and O–H groups in total. The third-order valence-corrected chi connectivity index (χ3v) is 1.70. The fraction of sp³-hybridized carbons (Fsp3) is 0.444. The average Bonchev–Trinajstić information content (AvgIpc) is 2.17. The number of nitrogens with zero attached hydrogens (tertiary/aromatic N) is 1. The van der Waals surface area contributed by atoms with Crippen LogP contribution in [-0.2, 0) is 0 Å². The lowest BCUT2D eigenvalue weighted by molar-refractivity contribution is 0.116. The summed E-state index contributed by atoms with van der Waals surface area (Å²) in [6, 6.07) is 0.177. The molecule has 1 rings (SSSR count). The molecule has 0 aromatic carbocycles. The number of alkyl halides is 2. The van der Waals surface area contributed by atoms with Gasteiger partial charge in [-0.3, -0.25) is 4.98 Å². The first-order valence-corrected chi connectivity index (χ1v) is 4.26. The minimum atomic E-state index is -2.59. The zero-order chi connectivity index (χ0) is 10.6. The Kier molecular flexibility index (Phi) is 3.76. The van der Waals surface area contributed by atoms with Crippen molar-refractivity contribution >= 4 is 0 Å². The van der Waals surface area contributed by atoms with Gasteiger partial charge in [-0.15, -0.1) is 0 Å². The summed E-state index contributed by atoms with van der Waals surface area (Å²) in [5, 5.41) is 0. The second kappa shape index (κ2) is 4.85. The van der Waals surface area contributed by atoms with Gasteiger partial charge in [-0.05, 0) is 18.6 Å². The Hall–Kier alpha value is -1.23. The molecule has 1 unspecified atom stereocenters. The molecule has 5 heteroatoms. The summed E-state index contributed by atoms with van der Waals surface area (Å²) in [7, 11) is 0. The van der Waals surface area contributed by atoms with Gasteiger partial charge in [-0.2, -0.15) is 0 Å². The highest BCUT2D eigenvalue weighted by molar-refractivity contribution is 5.26. The highest BCUT2D eigenvalue weighted by Crippen LogP contribution is 2.20. The van der Waals surface area contributed by atoms with Crippen molar-refractivity contribution in [3.05, 3.63) is 24.0 Å². The van der Waals surface area contributed by atoms with E-state index in [1.165, 1.54) is 18.5 Å². The van der Waals surface area contributed by atoms with E-state index in [4.69, 9.17) is 10.5 Å². The van der Waals surface area contributed by atoms with Crippen molar-refractivity contribution in [2.75, 3.05) is 6.61 Å². The molecule has 78 valence electrons. The van der Waals surface area contributed by atoms with E-state index in [9.17, 15) is 8.78 Å². The zero-order valence-electron chi connectivity index (χ0n) is 7.78. The second-order valence-corrected chi connectivity index (χ2v) is 2.75. The molecule has 0 fully saturated rings. The Morgan fingerprint density at radius 3 is 2.79 bits per heavy atom. The predicted octanol–water partition coefficient (Wildman–Crippen LogP) is 1.75. The lowest BCUT2D eigenvalue weighted by Crippen LogP contribution is -2.19. The van der Waals surface area contributed by atoms with Gasteiger partial charge in [-0.25, -0.2) is 8.78 Å². The van der Waals surface area contributed by atoms with Crippen molar-refractivity contribution in [2.45, 2.75) is 19.4 Å². The van der Waals surface area contributed by atoms with Crippen LogP contribution in [0.1, 0.15) is 18.5 Å². The third kappa shape index (κ3) is 2.63. The van der Waals surface area contributed by atoms with E-state index in [0.29, 0.717) is 12.4 Å². The van der Waals surface area contributed by atoms with E-state index >= 15 is 0 Å². The van der Waals surface area contributed by atoms with Gasteiger partial charge in [0, 0.05) is 6.20 Å². The topological polar surface area (TPSA) is 48.1 Å². The van der Waals surface area contributed by atoms with Gasteiger partial charge in [0.1, 0.15) is 5.75 Å². The molecule has 0 amide bonds. The molecule has 0 spiro atoms. The maximum absolute atomic E-state index is 12.2. The lowest BCUT2D eigenvalue weighted by Gasteiger charge is -2.11. The number of nitrogens with two attached hydrogens (primary N) is 1. The summed E-state index contributed by atoms with van der Waals surface area (Å²) in [6.45, 7) is 2.27. The molecule has 0 saturated carbocycles. The molecule has 1 aromatic rings. The van der Waals surface area contributed by atoms with Crippen LogP contribution in [0.3, 0.4) is 0 Å². The van der Waals surface area contributed by atoms with Crippen LogP contribution in [-0.4, -0.2) is 18.0 Å². The van der Waals surface area contributed by atoms with E-state index < -0.39 is 12.5 Å². The Bertz CT molecular complexity index is 294. The lowest BCUT2D eigenvalue weighted by atomic mass is 10.1. The van der Waals surface area contributed by atoms with E-state index in [-0.39, 0.29) is 5.56 Å². The smallest absolute Gasteiger partial charge is 0.257 e. The van der Waals surface area contributed by atoms with Gasteiger partial charge in [0.05, 0.1) is 18.8 Å². The fourth-order valence-corrected chi connectivity index (χ4v) is 1.01. The van der Waals surface area contributed by atoms with Crippen molar-refractivity contribution < 1.29 is 13.5 Å². The normalized spacial score (nSPS) is 12.9. The van der Waals surface area contributed by atoms with Crippen molar-refractivity contribution in [1.29, 1.82) is 0 Å². The fourth-order valence-electron chi connectivity index (χ4n) is 1.01. The van der Waals surface area contributed by atoms with Gasteiger partial charge >= 0.3 is 0 Å². The second-order valence-electron chi connectivity index (χ2n) is 2.75. The number of hydrogen-bond donors (Lipinski definition) is 1. The molecule has 1 heterocycles. The van der Waals surface area contributed by atoms with Gasteiger partial charge in [-0.1, -0.05) is 0 Å². The standard InChI is InChI=1S/C9H12F2N2O/c1-2-14-7-3-6(4-13-5-7)8(12)9(10)11/h3-5,8-9H,2,12H2,1H3. The number of aromatic nitrogens is 1. The van der Waals surface area contributed by atoms with Crippen LogP contribution in [0.5, 0.6) is 5.75 Å². The Morgan fingerprint density at radius 1 is 1.50 bits per heavy atom. The monoisotopic (exact) mass is 202 g/mol. The van der Waals surface area contributed by atoms with Gasteiger partial charge < -0.3 is 10.5 Å². The minimum Gasteiger partial charge on any atom is -0.492 e. The summed E-state index contributed by atoms with van der Waals surface area (Å²) in [6.07, 6.45) is 0.193. The number of ether oxygens (including phenoxy) is 1. The Balaban J connectivity index is 2.82. The van der Waals surface area contributed by atoms with Crippen LogP contribution in [0.4, 0.5) is 8.78 Å². The van der Waals surface area contributed by atoms with E-state index in [1.54, 1.807) is 6.92 Å². The highest BCUT2D eigenvalue weighted by atomic mass is 19.3. The molecular weight excluding hydrogens is 190 g/mol. The quantitative estimate of drug-likeness (QED) is 0.809. The molecule has 0 saturated heterocycles. The van der Waals surface area contributed by atoms with E-state index in [2.05, 4.69) is 4.98 Å². The number of rotatable bonds is 4. The van der Waals surface area contributed by atoms with Crippen molar-refractivity contribution in [3.8, 4) is 5.75 Å². The Morgan fingerprint density at radius 2 is 2.21 bits per heavy atom. The van der Waals surface area contributed by atoms with Gasteiger partial charge in [0.2, 0.25) is 0 Å². The van der Waals surface area contributed by atoms with Crippen molar-refractivity contribution in [3.63, 3.8) is 0 Å². The van der Waals surface area contributed by atoms with Gasteiger partial charge in [0.25, 0.3) is 6.43 Å². The molecule has 0 aliphatic rings. The predicted molar refractivity (Wildman–Crippen MR) is 48.3 cm³/mol. The molecule has 0 aliphatic carbocycles. The van der Waals surface area contributed by atoms with Gasteiger partial charge in [0.15, 0.2) is 0 Å². The molecule has 0 aliphatic heterocycles. The first kappa shape index (κ1) is 10.8. The maximum atomic E-state index is 12.2. The number of halogens is 2. The summed E-state index contributed by atoms with van der Waals surface area (Å²) < 4.78 is 29.6. The highest BCUT2D eigenvalue weighted by Gasteiger charge is 2.18. The van der Waals surface area contributed by atoms with E-state index in [0.717, 1.165) is 0 Å². The van der Waals surface area contributed by atoms with Crippen molar-refractivity contribution in [2.24, 2.45) is 5.73 Å². The number of pyridine rings is 1. The summed E-state index contributed by atoms with van der Waals surface area (Å²) in [5.41, 5.74) is 5.54. The average molecular weight is 202 g/mol. The van der Waals surface area contributed by atoms with Crippen LogP contribution in [0.25, 0.3) is 0 Å². The largest absolute Gasteiger partial charge is 0.492 e. The maximum Gasteiger partial charge on any atom is 0.257 e. The first-order valence-electron chi connectivity index (χ1n) is 4.26. The van der Waals surface area contributed by atoms with Crippen LogP contribution in [0.2, 0.25) is 0 Å². The molecule has 0 bridgehead atoms. The van der Waals surface area contributed by atoms with Crippen molar-refractivity contribution in [1.82, 2.24) is 4.98 Å².